The van der Waals surface area contributed by atoms with Crippen molar-refractivity contribution in [2.75, 3.05) is 6.54 Å². The summed E-state index contributed by atoms with van der Waals surface area (Å²) in [5.74, 6) is 1.06. The standard InChI is InChI=1S/C17H22N4O2/c1-2-6-14(22)11-18-17(23)15-19-16(12-9-10-12)21(20-15)13-7-4-3-5-8-13/h3-5,7-8,12,14,22H,2,6,9-11H2,1H3,(H,18,23). The van der Waals surface area contributed by atoms with Gasteiger partial charge in [0.15, 0.2) is 0 Å². The molecule has 122 valence electrons. The molecule has 1 atom stereocenters. The number of nitrogens with zero attached hydrogens (tertiary/aromatic N) is 3. The highest BCUT2D eigenvalue weighted by molar-refractivity contribution is 5.90. The van der Waals surface area contributed by atoms with E-state index in [2.05, 4.69) is 15.4 Å². The Morgan fingerprint density at radius 2 is 2.13 bits per heavy atom. The van der Waals surface area contributed by atoms with E-state index in [1.807, 2.05) is 37.3 Å². The normalized spacial score (nSPS) is 15.4. The van der Waals surface area contributed by atoms with Crippen LogP contribution in [0.25, 0.3) is 5.69 Å². The number of carbonyl (C=O) groups is 1. The smallest absolute Gasteiger partial charge is 0.291 e. The lowest BCUT2D eigenvalue weighted by atomic mass is 10.2. The highest BCUT2D eigenvalue weighted by Crippen LogP contribution is 2.39. The molecular weight excluding hydrogens is 292 g/mol. The molecule has 6 heteroatoms. The summed E-state index contributed by atoms with van der Waals surface area (Å²) in [6.45, 7) is 2.22. The van der Waals surface area contributed by atoms with Gasteiger partial charge in [0, 0.05) is 12.5 Å². The van der Waals surface area contributed by atoms with Crippen LogP contribution in [-0.2, 0) is 0 Å². The molecule has 1 unspecified atom stereocenters. The van der Waals surface area contributed by atoms with E-state index in [1.54, 1.807) is 4.68 Å². The quantitative estimate of drug-likeness (QED) is 0.819. The fourth-order valence-corrected chi connectivity index (χ4v) is 2.51. The van der Waals surface area contributed by atoms with Crippen molar-refractivity contribution in [3.63, 3.8) is 0 Å². The third kappa shape index (κ3) is 3.76. The Labute approximate surface area is 135 Å². The second kappa shape index (κ2) is 6.91. The Morgan fingerprint density at radius 1 is 1.39 bits per heavy atom. The number of benzene rings is 1. The molecule has 2 aromatic rings. The van der Waals surface area contributed by atoms with Gasteiger partial charge in [-0.2, -0.15) is 0 Å². The molecule has 0 saturated heterocycles. The van der Waals surface area contributed by atoms with Crippen LogP contribution < -0.4 is 5.32 Å². The number of hydrogen-bond acceptors (Lipinski definition) is 4. The van der Waals surface area contributed by atoms with Crippen LogP contribution >= 0.6 is 0 Å². The van der Waals surface area contributed by atoms with Crippen molar-refractivity contribution in [2.24, 2.45) is 0 Å². The first-order valence-corrected chi connectivity index (χ1v) is 8.17. The largest absolute Gasteiger partial charge is 0.391 e. The summed E-state index contributed by atoms with van der Waals surface area (Å²) in [6.07, 6.45) is 3.19. The van der Waals surface area contributed by atoms with Gasteiger partial charge in [0.2, 0.25) is 5.82 Å². The van der Waals surface area contributed by atoms with Gasteiger partial charge in [0.05, 0.1) is 11.8 Å². The molecule has 3 rings (SSSR count). The van der Waals surface area contributed by atoms with Gasteiger partial charge in [-0.15, -0.1) is 5.10 Å². The van der Waals surface area contributed by atoms with Crippen molar-refractivity contribution in [2.45, 2.75) is 44.6 Å². The Balaban J connectivity index is 1.77. The van der Waals surface area contributed by atoms with Crippen LogP contribution in [0, 0.1) is 0 Å². The first-order chi connectivity index (χ1) is 11.2. The summed E-state index contributed by atoms with van der Waals surface area (Å²) < 4.78 is 1.76. The van der Waals surface area contributed by atoms with E-state index in [9.17, 15) is 9.90 Å². The molecule has 2 N–H and O–H groups in total. The minimum atomic E-state index is -0.525. The number of nitrogens with one attached hydrogen (secondary N) is 1. The van der Waals surface area contributed by atoms with Crippen molar-refractivity contribution < 1.29 is 9.90 Å². The molecule has 1 aliphatic carbocycles. The molecule has 0 aliphatic heterocycles. The van der Waals surface area contributed by atoms with Gasteiger partial charge in [-0.1, -0.05) is 31.5 Å². The maximum atomic E-state index is 12.2. The molecule has 1 heterocycles. The van der Waals surface area contributed by atoms with E-state index in [0.29, 0.717) is 12.3 Å². The van der Waals surface area contributed by atoms with E-state index in [4.69, 9.17) is 0 Å². The fraction of sp³-hybridized carbons (Fsp3) is 0.471. The van der Waals surface area contributed by atoms with Gasteiger partial charge in [0.1, 0.15) is 5.82 Å². The number of amides is 1. The van der Waals surface area contributed by atoms with Gasteiger partial charge >= 0.3 is 0 Å². The molecule has 6 nitrogen and oxygen atoms in total. The lowest BCUT2D eigenvalue weighted by molar-refractivity contribution is 0.0900. The summed E-state index contributed by atoms with van der Waals surface area (Å²) in [5.41, 5.74) is 0.909. The van der Waals surface area contributed by atoms with Crippen LogP contribution in [0.15, 0.2) is 30.3 Å². The molecular formula is C17H22N4O2. The molecule has 0 radical (unpaired) electrons. The Bertz CT molecular complexity index is 664. The third-order valence-corrected chi connectivity index (χ3v) is 3.90. The van der Waals surface area contributed by atoms with Crippen molar-refractivity contribution in [1.29, 1.82) is 0 Å². The van der Waals surface area contributed by atoms with Gasteiger partial charge in [-0.25, -0.2) is 9.67 Å². The molecule has 1 aliphatic rings. The second-order valence-electron chi connectivity index (χ2n) is 5.97. The third-order valence-electron chi connectivity index (χ3n) is 3.90. The van der Waals surface area contributed by atoms with Crippen molar-refractivity contribution in [3.8, 4) is 5.69 Å². The fourth-order valence-electron chi connectivity index (χ4n) is 2.51. The monoisotopic (exact) mass is 314 g/mol. The topological polar surface area (TPSA) is 80.0 Å². The van der Waals surface area contributed by atoms with E-state index >= 15 is 0 Å². The number of aromatic nitrogens is 3. The van der Waals surface area contributed by atoms with Gasteiger partial charge in [-0.3, -0.25) is 4.79 Å². The average molecular weight is 314 g/mol. The van der Waals surface area contributed by atoms with E-state index in [-0.39, 0.29) is 18.3 Å². The summed E-state index contributed by atoms with van der Waals surface area (Å²) in [5, 5.41) is 16.8. The molecule has 0 spiro atoms. The zero-order chi connectivity index (χ0) is 16.2. The Morgan fingerprint density at radius 3 is 2.78 bits per heavy atom. The van der Waals surface area contributed by atoms with Crippen LogP contribution in [0.5, 0.6) is 0 Å². The molecule has 1 amide bonds. The minimum Gasteiger partial charge on any atom is -0.391 e. The Kier molecular flexibility index (Phi) is 4.71. The average Bonchev–Trinajstić information content (AvgIpc) is 3.32. The van der Waals surface area contributed by atoms with E-state index in [1.165, 1.54) is 0 Å². The lowest BCUT2D eigenvalue weighted by Crippen LogP contribution is -2.32. The van der Waals surface area contributed by atoms with Crippen molar-refractivity contribution in [3.05, 3.63) is 42.0 Å². The molecule has 23 heavy (non-hydrogen) atoms. The van der Waals surface area contributed by atoms with Crippen LogP contribution in [0.2, 0.25) is 0 Å². The first kappa shape index (κ1) is 15.7. The number of rotatable bonds is 7. The highest BCUT2D eigenvalue weighted by atomic mass is 16.3. The van der Waals surface area contributed by atoms with Gasteiger partial charge in [-0.05, 0) is 31.4 Å². The first-order valence-electron chi connectivity index (χ1n) is 8.17. The van der Waals surface area contributed by atoms with Crippen molar-refractivity contribution in [1.82, 2.24) is 20.1 Å². The zero-order valence-corrected chi connectivity index (χ0v) is 13.3. The highest BCUT2D eigenvalue weighted by Gasteiger charge is 2.31. The maximum absolute atomic E-state index is 12.2. The SMILES string of the molecule is CCCC(O)CNC(=O)c1nc(C2CC2)n(-c2ccccc2)n1. The predicted octanol–water partition coefficient (Wildman–Crippen LogP) is 2.04. The summed E-state index contributed by atoms with van der Waals surface area (Å²) in [7, 11) is 0. The summed E-state index contributed by atoms with van der Waals surface area (Å²) >= 11 is 0. The van der Waals surface area contributed by atoms with Gasteiger partial charge in [0.25, 0.3) is 5.91 Å². The number of aliphatic hydroxyl groups is 1. The molecule has 1 aromatic carbocycles. The second-order valence-corrected chi connectivity index (χ2v) is 5.97. The van der Waals surface area contributed by atoms with E-state index in [0.717, 1.165) is 30.8 Å². The summed E-state index contributed by atoms with van der Waals surface area (Å²) in [4.78, 5) is 16.7. The molecule has 0 bridgehead atoms. The number of hydrogen-bond donors (Lipinski definition) is 2. The van der Waals surface area contributed by atoms with Crippen LogP contribution in [0.1, 0.15) is 55.0 Å². The molecule has 1 fully saturated rings. The van der Waals surface area contributed by atoms with Crippen LogP contribution in [-0.4, -0.2) is 38.4 Å². The van der Waals surface area contributed by atoms with Crippen LogP contribution in [0.3, 0.4) is 0 Å². The maximum Gasteiger partial charge on any atom is 0.291 e. The zero-order valence-electron chi connectivity index (χ0n) is 13.3. The number of para-hydroxylation sites is 1. The minimum absolute atomic E-state index is 0.166. The summed E-state index contributed by atoms with van der Waals surface area (Å²) in [6, 6.07) is 9.73. The molecule has 1 saturated carbocycles. The van der Waals surface area contributed by atoms with Crippen molar-refractivity contribution >= 4 is 5.91 Å². The predicted molar refractivity (Wildman–Crippen MR) is 86.6 cm³/mol. The lowest BCUT2D eigenvalue weighted by Gasteiger charge is -2.08. The van der Waals surface area contributed by atoms with E-state index < -0.39 is 6.10 Å². The molecule has 1 aromatic heterocycles. The number of aliphatic hydroxyl groups excluding tert-OH is 1. The van der Waals surface area contributed by atoms with Crippen LogP contribution in [0.4, 0.5) is 0 Å². The Hall–Kier alpha value is -2.21. The van der Waals surface area contributed by atoms with Gasteiger partial charge < -0.3 is 10.4 Å². The number of carbonyl (C=O) groups excluding carboxylic acids is 1.